The summed E-state index contributed by atoms with van der Waals surface area (Å²) in [6.07, 6.45) is -8.81. The van der Waals surface area contributed by atoms with Crippen molar-refractivity contribution in [2.24, 2.45) is 0 Å². The quantitative estimate of drug-likeness (QED) is 0.713. The first kappa shape index (κ1) is 14.4. The highest BCUT2D eigenvalue weighted by Crippen LogP contribution is 2.40. The fraction of sp³-hybridized carbons (Fsp3) is 0.250. The minimum atomic E-state index is -4.93. The number of hydrogen-bond donors (Lipinski definition) is 0. The molecular weight excluding hydrogens is 288 g/mol. The van der Waals surface area contributed by atoms with E-state index in [1.807, 2.05) is 0 Å². The van der Waals surface area contributed by atoms with Crippen LogP contribution in [0.5, 0.6) is 0 Å². The first-order valence-electron chi connectivity index (χ1n) is 5.30. The summed E-state index contributed by atoms with van der Waals surface area (Å²) in [7, 11) is 0. The number of aromatic nitrogens is 1. The van der Waals surface area contributed by atoms with Crippen LogP contribution in [-0.2, 0) is 12.4 Å². The lowest BCUT2D eigenvalue weighted by molar-refractivity contribution is -0.142. The average Bonchev–Trinajstić information content (AvgIpc) is 2.72. The highest BCUT2D eigenvalue weighted by Gasteiger charge is 2.38. The summed E-state index contributed by atoms with van der Waals surface area (Å²) in [5.41, 5.74) is -3.39. The second-order valence-electron chi connectivity index (χ2n) is 4.01. The van der Waals surface area contributed by atoms with Gasteiger partial charge in [0.1, 0.15) is 12.0 Å². The zero-order chi connectivity index (χ0) is 15.1. The molecule has 2 rings (SSSR count). The van der Waals surface area contributed by atoms with Gasteiger partial charge in [-0.2, -0.15) is 26.3 Å². The number of aryl methyl sites for hydroxylation is 1. The Hall–Kier alpha value is -1.99. The summed E-state index contributed by atoms with van der Waals surface area (Å²) in [4.78, 5) is 3.70. The molecule has 0 spiro atoms. The number of halogens is 6. The summed E-state index contributed by atoms with van der Waals surface area (Å²) >= 11 is 0. The topological polar surface area (TPSA) is 26.0 Å². The van der Waals surface area contributed by atoms with Gasteiger partial charge in [-0.05, 0) is 12.1 Å². The van der Waals surface area contributed by atoms with Gasteiger partial charge < -0.3 is 4.42 Å². The molecule has 0 atom stereocenters. The molecule has 0 aliphatic carbocycles. The Labute approximate surface area is 109 Å². The standard InChI is InChI=1S/C12H7F6NO/c1-6-19-10(5-20-6)8-3-2-7(11(13,14)15)4-9(8)12(16,17)18/h2-5H,1H3. The smallest absolute Gasteiger partial charge is 0.417 e. The molecule has 2 nitrogen and oxygen atoms in total. The van der Waals surface area contributed by atoms with Gasteiger partial charge in [0.15, 0.2) is 5.89 Å². The summed E-state index contributed by atoms with van der Waals surface area (Å²) in [5, 5.41) is 0. The lowest BCUT2D eigenvalue weighted by atomic mass is 10.0. The molecule has 0 amide bonds. The van der Waals surface area contributed by atoms with E-state index in [0.29, 0.717) is 6.07 Å². The minimum Gasteiger partial charge on any atom is -0.449 e. The normalized spacial score (nSPS) is 12.8. The molecule has 2 aromatic rings. The molecule has 0 radical (unpaired) electrons. The van der Waals surface area contributed by atoms with Crippen molar-refractivity contribution in [2.75, 3.05) is 0 Å². The predicted octanol–water partition coefficient (Wildman–Crippen LogP) is 4.69. The molecule has 0 fully saturated rings. The van der Waals surface area contributed by atoms with Crippen molar-refractivity contribution < 1.29 is 30.8 Å². The van der Waals surface area contributed by atoms with Crippen molar-refractivity contribution in [2.45, 2.75) is 19.3 Å². The molecular formula is C12H7F6NO. The third kappa shape index (κ3) is 2.78. The maximum Gasteiger partial charge on any atom is 0.417 e. The molecule has 1 aromatic carbocycles. The molecule has 0 aliphatic heterocycles. The van der Waals surface area contributed by atoms with Crippen LogP contribution in [0.25, 0.3) is 11.3 Å². The molecule has 1 heterocycles. The van der Waals surface area contributed by atoms with Crippen molar-refractivity contribution >= 4 is 0 Å². The van der Waals surface area contributed by atoms with Crippen LogP contribution in [0.3, 0.4) is 0 Å². The van der Waals surface area contributed by atoms with E-state index in [1.54, 1.807) is 0 Å². The molecule has 20 heavy (non-hydrogen) atoms. The first-order chi connectivity index (χ1) is 9.09. The Kier molecular flexibility index (Phi) is 3.27. The lowest BCUT2D eigenvalue weighted by Gasteiger charge is -2.14. The summed E-state index contributed by atoms with van der Waals surface area (Å²) in [6, 6.07) is 1.39. The van der Waals surface area contributed by atoms with Gasteiger partial charge in [-0.25, -0.2) is 4.98 Å². The number of nitrogens with zero attached hydrogens (tertiary/aromatic N) is 1. The maximum absolute atomic E-state index is 12.9. The molecule has 0 saturated carbocycles. The Morgan fingerprint density at radius 2 is 1.65 bits per heavy atom. The van der Waals surface area contributed by atoms with E-state index in [-0.39, 0.29) is 17.7 Å². The molecule has 108 valence electrons. The van der Waals surface area contributed by atoms with Crippen LogP contribution in [0, 0.1) is 6.92 Å². The van der Waals surface area contributed by atoms with Crippen LogP contribution in [0.15, 0.2) is 28.9 Å². The third-order valence-electron chi connectivity index (χ3n) is 2.55. The van der Waals surface area contributed by atoms with Gasteiger partial charge in [-0.15, -0.1) is 0 Å². The van der Waals surface area contributed by atoms with E-state index < -0.39 is 29.0 Å². The van der Waals surface area contributed by atoms with Crippen molar-refractivity contribution in [1.82, 2.24) is 4.98 Å². The van der Waals surface area contributed by atoms with E-state index in [4.69, 9.17) is 4.42 Å². The van der Waals surface area contributed by atoms with Gasteiger partial charge in [0.25, 0.3) is 0 Å². The van der Waals surface area contributed by atoms with Crippen LogP contribution in [0.4, 0.5) is 26.3 Å². The van der Waals surface area contributed by atoms with Crippen LogP contribution >= 0.6 is 0 Å². The molecule has 0 unspecified atom stereocenters. The van der Waals surface area contributed by atoms with Crippen molar-refractivity contribution in [3.05, 3.63) is 41.5 Å². The van der Waals surface area contributed by atoms with Gasteiger partial charge >= 0.3 is 12.4 Å². The lowest BCUT2D eigenvalue weighted by Crippen LogP contribution is -2.12. The number of rotatable bonds is 1. The maximum atomic E-state index is 12.9. The summed E-state index contributed by atoms with van der Waals surface area (Å²) in [5.74, 6) is 0.119. The molecule has 0 bridgehead atoms. The van der Waals surface area contributed by atoms with Gasteiger partial charge in [-0.1, -0.05) is 6.07 Å². The summed E-state index contributed by atoms with van der Waals surface area (Å²) in [6.45, 7) is 1.42. The minimum absolute atomic E-state index is 0.0688. The van der Waals surface area contributed by atoms with Crippen LogP contribution in [0.1, 0.15) is 17.0 Å². The highest BCUT2D eigenvalue weighted by atomic mass is 19.4. The Morgan fingerprint density at radius 1 is 1.00 bits per heavy atom. The molecule has 0 aliphatic rings. The van der Waals surface area contributed by atoms with E-state index in [0.717, 1.165) is 12.3 Å². The number of benzene rings is 1. The van der Waals surface area contributed by atoms with E-state index in [2.05, 4.69) is 4.98 Å². The second-order valence-corrected chi connectivity index (χ2v) is 4.01. The second kappa shape index (κ2) is 4.53. The van der Waals surface area contributed by atoms with Crippen LogP contribution < -0.4 is 0 Å². The SMILES string of the molecule is Cc1nc(-c2ccc(C(F)(F)F)cc2C(F)(F)F)co1. The predicted molar refractivity (Wildman–Crippen MR) is 56.7 cm³/mol. The molecule has 8 heteroatoms. The van der Waals surface area contributed by atoms with Crippen molar-refractivity contribution in [1.29, 1.82) is 0 Å². The van der Waals surface area contributed by atoms with Crippen molar-refractivity contribution in [3.8, 4) is 11.3 Å². The molecule has 0 saturated heterocycles. The average molecular weight is 295 g/mol. The first-order valence-corrected chi connectivity index (χ1v) is 5.30. The van der Waals surface area contributed by atoms with Gasteiger partial charge in [0.05, 0.1) is 11.1 Å². The zero-order valence-corrected chi connectivity index (χ0v) is 9.93. The third-order valence-corrected chi connectivity index (χ3v) is 2.55. The highest BCUT2D eigenvalue weighted by molar-refractivity contribution is 5.64. The van der Waals surface area contributed by atoms with E-state index >= 15 is 0 Å². The number of oxazole rings is 1. The Bertz CT molecular complexity index is 626. The van der Waals surface area contributed by atoms with Gasteiger partial charge in [0.2, 0.25) is 0 Å². The van der Waals surface area contributed by atoms with Crippen LogP contribution in [0.2, 0.25) is 0 Å². The molecule has 1 aromatic heterocycles. The molecule has 0 N–H and O–H groups in total. The number of hydrogen-bond acceptors (Lipinski definition) is 2. The Balaban J connectivity index is 2.64. The van der Waals surface area contributed by atoms with Gasteiger partial charge in [0, 0.05) is 12.5 Å². The van der Waals surface area contributed by atoms with Gasteiger partial charge in [-0.3, -0.25) is 0 Å². The van der Waals surface area contributed by atoms with Crippen LogP contribution in [-0.4, -0.2) is 4.98 Å². The number of alkyl halides is 6. The van der Waals surface area contributed by atoms with E-state index in [9.17, 15) is 26.3 Å². The zero-order valence-electron chi connectivity index (χ0n) is 9.93. The largest absolute Gasteiger partial charge is 0.449 e. The summed E-state index contributed by atoms with van der Waals surface area (Å²) < 4.78 is 80.9. The van der Waals surface area contributed by atoms with E-state index in [1.165, 1.54) is 6.92 Å². The Morgan fingerprint density at radius 3 is 2.10 bits per heavy atom. The fourth-order valence-corrected chi connectivity index (χ4v) is 1.67. The monoisotopic (exact) mass is 295 g/mol. The fourth-order valence-electron chi connectivity index (χ4n) is 1.67. The van der Waals surface area contributed by atoms with Crippen molar-refractivity contribution in [3.63, 3.8) is 0 Å².